The maximum absolute atomic E-state index is 9.28. The maximum Gasteiger partial charge on any atom is 0.139 e. The minimum Gasteiger partial charge on any atom is -0.487 e. The molecule has 0 aliphatic heterocycles. The lowest BCUT2D eigenvalue weighted by atomic mass is 10.1. The number of halogens is 1. The maximum atomic E-state index is 9.28. The number of rotatable bonds is 4. The van der Waals surface area contributed by atoms with Crippen LogP contribution in [0.2, 0.25) is 0 Å². The molecule has 0 fully saturated rings. The Morgan fingerprint density at radius 1 is 1.17 bits per heavy atom. The molecule has 18 heavy (non-hydrogen) atoms. The fourth-order valence-electron chi connectivity index (χ4n) is 1.80. The van der Waals surface area contributed by atoms with Crippen LogP contribution in [0, 0.1) is 6.92 Å². The summed E-state index contributed by atoms with van der Waals surface area (Å²) in [6.45, 7) is 2.53. The van der Waals surface area contributed by atoms with Crippen molar-refractivity contribution in [1.82, 2.24) is 0 Å². The van der Waals surface area contributed by atoms with E-state index >= 15 is 0 Å². The molecule has 2 nitrogen and oxygen atoms in total. The lowest BCUT2D eigenvalue weighted by Crippen LogP contribution is -1.99. The van der Waals surface area contributed by atoms with Gasteiger partial charge in [-0.15, -0.1) is 0 Å². The van der Waals surface area contributed by atoms with Crippen LogP contribution in [-0.2, 0) is 13.2 Å². The van der Waals surface area contributed by atoms with Crippen LogP contribution in [0.4, 0.5) is 0 Å². The minimum atomic E-state index is -0.0252. The van der Waals surface area contributed by atoms with Crippen LogP contribution in [-0.4, -0.2) is 5.11 Å². The first kappa shape index (κ1) is 13.1. The second-order valence-corrected chi connectivity index (χ2v) is 5.02. The summed E-state index contributed by atoms with van der Waals surface area (Å²) in [4.78, 5) is 0. The Morgan fingerprint density at radius 2 is 1.94 bits per heavy atom. The van der Waals surface area contributed by atoms with Crippen molar-refractivity contribution >= 4 is 15.9 Å². The molecule has 1 N–H and O–H groups in total. The Balaban J connectivity index is 2.15. The van der Waals surface area contributed by atoms with Gasteiger partial charge in [0.15, 0.2) is 0 Å². The van der Waals surface area contributed by atoms with E-state index in [-0.39, 0.29) is 6.61 Å². The monoisotopic (exact) mass is 306 g/mol. The Labute approximate surface area is 115 Å². The number of aryl methyl sites for hydroxylation is 1. The summed E-state index contributed by atoms with van der Waals surface area (Å²) in [6.07, 6.45) is 0. The third kappa shape index (κ3) is 3.12. The van der Waals surface area contributed by atoms with Gasteiger partial charge < -0.3 is 9.84 Å². The van der Waals surface area contributed by atoms with Crippen LogP contribution < -0.4 is 4.74 Å². The summed E-state index contributed by atoms with van der Waals surface area (Å²) < 4.78 is 6.66. The molecular formula is C15H15BrO2. The lowest BCUT2D eigenvalue weighted by Gasteiger charge is -2.12. The molecule has 0 unspecified atom stereocenters. The fourth-order valence-corrected chi connectivity index (χ4v) is 2.32. The molecule has 0 spiro atoms. The first-order valence-electron chi connectivity index (χ1n) is 5.77. The highest BCUT2D eigenvalue weighted by molar-refractivity contribution is 9.10. The number of hydrogen-bond acceptors (Lipinski definition) is 2. The lowest BCUT2D eigenvalue weighted by molar-refractivity contribution is 0.258. The fraction of sp³-hybridized carbons (Fsp3) is 0.200. The summed E-state index contributed by atoms with van der Waals surface area (Å²) in [5, 5.41) is 9.28. The van der Waals surface area contributed by atoms with Gasteiger partial charge in [-0.1, -0.05) is 42.0 Å². The van der Waals surface area contributed by atoms with E-state index in [4.69, 9.17) is 4.74 Å². The van der Waals surface area contributed by atoms with Crippen molar-refractivity contribution in [3.8, 4) is 5.75 Å². The van der Waals surface area contributed by atoms with E-state index in [2.05, 4.69) is 35.0 Å². The van der Waals surface area contributed by atoms with Crippen LogP contribution in [0.3, 0.4) is 0 Å². The van der Waals surface area contributed by atoms with E-state index in [9.17, 15) is 5.11 Å². The minimum absolute atomic E-state index is 0.0252. The number of hydrogen-bond donors (Lipinski definition) is 1. The second kappa shape index (κ2) is 6.03. The van der Waals surface area contributed by atoms with Gasteiger partial charge in [0.05, 0.1) is 11.1 Å². The standard InChI is InChI=1S/C15H15BrO2/c1-11-4-2-5-12(8-11)10-18-15-13(9-17)6-3-7-14(15)16/h2-8,17H,9-10H2,1H3. The van der Waals surface area contributed by atoms with E-state index in [0.29, 0.717) is 12.4 Å². The third-order valence-corrected chi connectivity index (χ3v) is 3.31. The van der Waals surface area contributed by atoms with Crippen LogP contribution in [0.5, 0.6) is 5.75 Å². The molecule has 0 bridgehead atoms. The van der Waals surface area contributed by atoms with E-state index < -0.39 is 0 Å². The van der Waals surface area contributed by atoms with E-state index in [1.54, 1.807) is 0 Å². The molecule has 2 aromatic rings. The Morgan fingerprint density at radius 3 is 2.67 bits per heavy atom. The molecule has 0 amide bonds. The van der Waals surface area contributed by atoms with Gasteiger partial charge in [0, 0.05) is 5.56 Å². The van der Waals surface area contributed by atoms with Crippen molar-refractivity contribution in [2.75, 3.05) is 0 Å². The summed E-state index contributed by atoms with van der Waals surface area (Å²) >= 11 is 3.44. The zero-order chi connectivity index (χ0) is 13.0. The summed E-state index contributed by atoms with van der Waals surface area (Å²) in [6, 6.07) is 13.8. The van der Waals surface area contributed by atoms with Crippen LogP contribution in [0.1, 0.15) is 16.7 Å². The quantitative estimate of drug-likeness (QED) is 0.930. The Hall–Kier alpha value is -1.32. The van der Waals surface area contributed by atoms with Gasteiger partial charge in [-0.05, 0) is 34.5 Å². The summed E-state index contributed by atoms with van der Waals surface area (Å²) in [5.41, 5.74) is 3.12. The third-order valence-electron chi connectivity index (χ3n) is 2.68. The summed E-state index contributed by atoms with van der Waals surface area (Å²) in [7, 11) is 0. The summed E-state index contributed by atoms with van der Waals surface area (Å²) in [5.74, 6) is 0.710. The van der Waals surface area contributed by atoms with Crippen molar-refractivity contribution in [1.29, 1.82) is 0 Å². The van der Waals surface area contributed by atoms with Crippen molar-refractivity contribution in [3.05, 3.63) is 63.6 Å². The highest BCUT2D eigenvalue weighted by Crippen LogP contribution is 2.29. The predicted octanol–water partition coefficient (Wildman–Crippen LogP) is 3.83. The zero-order valence-electron chi connectivity index (χ0n) is 10.2. The zero-order valence-corrected chi connectivity index (χ0v) is 11.8. The Bertz CT molecular complexity index is 538. The molecular weight excluding hydrogens is 292 g/mol. The Kier molecular flexibility index (Phi) is 4.39. The smallest absolute Gasteiger partial charge is 0.139 e. The van der Waals surface area contributed by atoms with Gasteiger partial charge in [-0.2, -0.15) is 0 Å². The molecule has 0 saturated carbocycles. The second-order valence-electron chi connectivity index (χ2n) is 4.16. The van der Waals surface area contributed by atoms with Crippen molar-refractivity contribution in [2.24, 2.45) is 0 Å². The van der Waals surface area contributed by atoms with E-state index in [1.165, 1.54) is 5.56 Å². The topological polar surface area (TPSA) is 29.5 Å². The van der Waals surface area contributed by atoms with Gasteiger partial charge in [0.25, 0.3) is 0 Å². The normalized spacial score (nSPS) is 10.4. The van der Waals surface area contributed by atoms with E-state index in [1.807, 2.05) is 30.3 Å². The number of aliphatic hydroxyl groups excluding tert-OH is 1. The molecule has 0 saturated heterocycles. The van der Waals surface area contributed by atoms with Crippen LogP contribution >= 0.6 is 15.9 Å². The SMILES string of the molecule is Cc1cccc(COc2c(Br)cccc2CO)c1. The van der Waals surface area contributed by atoms with Gasteiger partial charge in [0.1, 0.15) is 12.4 Å². The molecule has 3 heteroatoms. The molecule has 2 rings (SSSR count). The number of ether oxygens (including phenoxy) is 1. The van der Waals surface area contributed by atoms with Gasteiger partial charge in [-0.25, -0.2) is 0 Å². The van der Waals surface area contributed by atoms with Crippen LogP contribution in [0.25, 0.3) is 0 Å². The van der Waals surface area contributed by atoms with Crippen molar-refractivity contribution in [2.45, 2.75) is 20.1 Å². The molecule has 0 heterocycles. The van der Waals surface area contributed by atoms with Crippen LogP contribution in [0.15, 0.2) is 46.9 Å². The number of aliphatic hydroxyl groups is 1. The molecule has 0 aromatic heterocycles. The molecule has 0 atom stereocenters. The molecule has 94 valence electrons. The van der Waals surface area contributed by atoms with Gasteiger partial charge in [0.2, 0.25) is 0 Å². The molecule has 0 radical (unpaired) electrons. The molecule has 0 aliphatic rings. The molecule has 2 aromatic carbocycles. The largest absolute Gasteiger partial charge is 0.487 e. The number of para-hydroxylation sites is 1. The van der Waals surface area contributed by atoms with E-state index in [0.717, 1.165) is 15.6 Å². The van der Waals surface area contributed by atoms with Crippen molar-refractivity contribution < 1.29 is 9.84 Å². The average molecular weight is 307 g/mol. The number of benzene rings is 2. The first-order chi connectivity index (χ1) is 8.70. The average Bonchev–Trinajstić information content (AvgIpc) is 2.37. The first-order valence-corrected chi connectivity index (χ1v) is 6.56. The highest BCUT2D eigenvalue weighted by atomic mass is 79.9. The van der Waals surface area contributed by atoms with Gasteiger partial charge >= 0.3 is 0 Å². The van der Waals surface area contributed by atoms with Gasteiger partial charge in [-0.3, -0.25) is 0 Å². The highest BCUT2D eigenvalue weighted by Gasteiger charge is 2.07. The predicted molar refractivity (Wildman–Crippen MR) is 75.6 cm³/mol. The van der Waals surface area contributed by atoms with Crippen molar-refractivity contribution in [3.63, 3.8) is 0 Å². The molecule has 0 aliphatic carbocycles.